The van der Waals surface area contributed by atoms with Crippen LogP contribution in [0.15, 0.2) is 35.2 Å². The molecule has 1 aromatic rings. The monoisotopic (exact) mass is 475 g/mol. The van der Waals surface area contributed by atoms with Gasteiger partial charge in [-0.2, -0.15) is 0 Å². The fourth-order valence-electron chi connectivity index (χ4n) is 3.69. The van der Waals surface area contributed by atoms with E-state index in [0.717, 1.165) is 38.5 Å². The summed E-state index contributed by atoms with van der Waals surface area (Å²) in [6.07, 6.45) is 6.88. The highest BCUT2D eigenvalue weighted by molar-refractivity contribution is 9.09. The summed E-state index contributed by atoms with van der Waals surface area (Å²) in [5.41, 5.74) is -1.09. The topological polar surface area (TPSA) is 66.4 Å². The number of alkyl halides is 1. The van der Waals surface area contributed by atoms with Crippen molar-refractivity contribution in [2.75, 3.05) is 0 Å². The number of benzene rings is 1. The van der Waals surface area contributed by atoms with E-state index >= 15 is 0 Å². The second kappa shape index (κ2) is 12.3. The van der Waals surface area contributed by atoms with Crippen LogP contribution < -0.4 is 4.72 Å². The van der Waals surface area contributed by atoms with Crippen LogP contribution in [0.4, 0.5) is 0 Å². The van der Waals surface area contributed by atoms with Crippen molar-refractivity contribution < 1.29 is 13.5 Å². The zero-order valence-corrected chi connectivity index (χ0v) is 20.2. The van der Waals surface area contributed by atoms with Crippen molar-refractivity contribution >= 4 is 26.0 Å². The normalized spacial score (nSPS) is 17.6. The number of hydrogen-bond acceptors (Lipinski definition) is 3. The summed E-state index contributed by atoms with van der Waals surface area (Å²) in [6, 6.07) is 7.89. The molecule has 28 heavy (non-hydrogen) atoms. The molecule has 6 heteroatoms. The van der Waals surface area contributed by atoms with E-state index in [1.54, 1.807) is 30.3 Å². The SMILES string of the molecule is CCCCCC(O)(CC(Br)CCC)[C@@H](NS(=O)(=O)c1ccccc1)[C@@H](C)CC. The fourth-order valence-corrected chi connectivity index (χ4v) is 6.15. The molecule has 4 nitrogen and oxygen atoms in total. The molecule has 1 rings (SSSR count). The van der Waals surface area contributed by atoms with Crippen molar-refractivity contribution in [1.29, 1.82) is 0 Å². The third-order valence-electron chi connectivity index (χ3n) is 5.52. The largest absolute Gasteiger partial charge is 0.388 e. The van der Waals surface area contributed by atoms with Crippen LogP contribution in [0, 0.1) is 5.92 Å². The zero-order valence-electron chi connectivity index (χ0n) is 17.8. The lowest BCUT2D eigenvalue weighted by Gasteiger charge is -2.41. The molecule has 0 saturated carbocycles. The standard InChI is InChI=1S/C22H38BrNO3S/c1-5-8-12-16-22(25,17-19(23)13-6-2)21(18(4)7-3)24-28(26,27)20-14-10-9-11-15-20/h9-11,14-15,18-19,21,24-25H,5-8,12-13,16-17H2,1-4H3/t18-,19?,21-,22?/m0/s1. The first-order chi connectivity index (χ1) is 13.2. The van der Waals surface area contributed by atoms with Crippen molar-refractivity contribution in [2.24, 2.45) is 5.92 Å². The van der Waals surface area contributed by atoms with Crippen LogP contribution in [0.5, 0.6) is 0 Å². The van der Waals surface area contributed by atoms with E-state index in [9.17, 15) is 13.5 Å². The van der Waals surface area contributed by atoms with Crippen molar-refractivity contribution in [1.82, 2.24) is 4.72 Å². The molecule has 0 heterocycles. The van der Waals surface area contributed by atoms with Gasteiger partial charge in [-0.3, -0.25) is 0 Å². The quantitative estimate of drug-likeness (QED) is 0.270. The molecule has 0 fully saturated rings. The van der Waals surface area contributed by atoms with E-state index in [2.05, 4.69) is 34.5 Å². The van der Waals surface area contributed by atoms with Crippen LogP contribution >= 0.6 is 15.9 Å². The van der Waals surface area contributed by atoms with E-state index in [4.69, 9.17) is 0 Å². The number of sulfonamides is 1. The molecule has 0 aliphatic carbocycles. The molecule has 1 aromatic carbocycles. The lowest BCUT2D eigenvalue weighted by molar-refractivity contribution is -0.0262. The Morgan fingerprint density at radius 1 is 1.11 bits per heavy atom. The second-order valence-corrected chi connectivity index (χ2v) is 11.0. The van der Waals surface area contributed by atoms with Crippen LogP contribution in [0.2, 0.25) is 0 Å². The van der Waals surface area contributed by atoms with Crippen LogP contribution in [0.3, 0.4) is 0 Å². The van der Waals surface area contributed by atoms with Gasteiger partial charge in [-0.1, -0.05) is 93.9 Å². The summed E-state index contributed by atoms with van der Waals surface area (Å²) in [7, 11) is -3.70. The molecule has 0 aliphatic heterocycles. The van der Waals surface area contributed by atoms with Crippen LogP contribution in [-0.4, -0.2) is 30.0 Å². The Bertz CT molecular complexity index is 653. The van der Waals surface area contributed by atoms with Gasteiger partial charge in [-0.05, 0) is 37.3 Å². The van der Waals surface area contributed by atoms with Crippen molar-refractivity contribution in [3.63, 3.8) is 0 Å². The van der Waals surface area contributed by atoms with E-state index in [-0.39, 0.29) is 15.6 Å². The minimum absolute atomic E-state index is 0.0199. The fraction of sp³-hybridized carbons (Fsp3) is 0.727. The van der Waals surface area contributed by atoms with Gasteiger partial charge in [0.05, 0.1) is 16.5 Å². The van der Waals surface area contributed by atoms with Gasteiger partial charge in [0.15, 0.2) is 0 Å². The summed E-state index contributed by atoms with van der Waals surface area (Å²) < 4.78 is 28.9. The van der Waals surface area contributed by atoms with Gasteiger partial charge in [0.25, 0.3) is 0 Å². The number of halogens is 1. The molecule has 2 N–H and O–H groups in total. The molecule has 0 aliphatic rings. The molecule has 2 unspecified atom stereocenters. The summed E-state index contributed by atoms with van der Waals surface area (Å²) in [5.74, 6) is 0.0199. The van der Waals surface area contributed by atoms with Gasteiger partial charge in [0.2, 0.25) is 10.0 Å². The molecule has 0 spiro atoms. The van der Waals surface area contributed by atoms with Gasteiger partial charge >= 0.3 is 0 Å². The Hall–Kier alpha value is -0.430. The summed E-state index contributed by atoms with van der Waals surface area (Å²) in [6.45, 7) is 8.31. The molecule has 162 valence electrons. The Morgan fingerprint density at radius 2 is 1.75 bits per heavy atom. The number of hydrogen-bond donors (Lipinski definition) is 2. The molecule has 0 saturated heterocycles. The maximum absolute atomic E-state index is 13.0. The maximum Gasteiger partial charge on any atom is 0.240 e. The first-order valence-corrected chi connectivity index (χ1v) is 13.0. The smallest absolute Gasteiger partial charge is 0.240 e. The lowest BCUT2D eigenvalue weighted by atomic mass is 9.78. The highest BCUT2D eigenvalue weighted by Gasteiger charge is 2.42. The Morgan fingerprint density at radius 3 is 2.29 bits per heavy atom. The molecule has 4 atom stereocenters. The first-order valence-electron chi connectivity index (χ1n) is 10.6. The zero-order chi connectivity index (χ0) is 21.2. The molecule has 0 bridgehead atoms. The van der Waals surface area contributed by atoms with Crippen LogP contribution in [0.25, 0.3) is 0 Å². The number of unbranched alkanes of at least 4 members (excludes halogenated alkanes) is 2. The Balaban J connectivity index is 3.21. The van der Waals surface area contributed by atoms with Crippen LogP contribution in [0.1, 0.15) is 79.1 Å². The predicted molar refractivity (Wildman–Crippen MR) is 121 cm³/mol. The number of aliphatic hydroxyl groups is 1. The molecule has 0 amide bonds. The van der Waals surface area contributed by atoms with Crippen molar-refractivity contribution in [2.45, 2.75) is 100 Å². The van der Waals surface area contributed by atoms with Gasteiger partial charge in [0.1, 0.15) is 0 Å². The van der Waals surface area contributed by atoms with Gasteiger partial charge in [0, 0.05) is 4.83 Å². The lowest BCUT2D eigenvalue weighted by Crippen LogP contribution is -2.56. The number of nitrogens with one attached hydrogen (secondary N) is 1. The van der Waals surface area contributed by atoms with Crippen molar-refractivity contribution in [3.8, 4) is 0 Å². The molecular weight excluding hydrogens is 438 g/mol. The predicted octanol–water partition coefficient (Wildman–Crippen LogP) is 5.64. The summed E-state index contributed by atoms with van der Waals surface area (Å²) >= 11 is 3.71. The summed E-state index contributed by atoms with van der Waals surface area (Å²) in [5, 5.41) is 11.7. The average molecular weight is 477 g/mol. The molecule has 0 radical (unpaired) electrons. The minimum Gasteiger partial charge on any atom is -0.388 e. The molecule has 0 aromatic heterocycles. The van der Waals surface area contributed by atoms with Crippen LogP contribution in [-0.2, 0) is 10.0 Å². The third kappa shape index (κ3) is 7.77. The van der Waals surface area contributed by atoms with Gasteiger partial charge < -0.3 is 5.11 Å². The molecular formula is C22H38BrNO3S. The maximum atomic E-state index is 13.0. The highest BCUT2D eigenvalue weighted by Crippen LogP contribution is 2.34. The average Bonchev–Trinajstić information content (AvgIpc) is 2.66. The van der Waals surface area contributed by atoms with Gasteiger partial charge in [-0.25, -0.2) is 13.1 Å². The second-order valence-electron chi connectivity index (χ2n) is 7.95. The van der Waals surface area contributed by atoms with E-state index in [1.807, 2.05) is 13.8 Å². The van der Waals surface area contributed by atoms with E-state index in [1.165, 1.54) is 0 Å². The number of rotatable bonds is 14. The third-order valence-corrected chi connectivity index (χ3v) is 7.76. The van der Waals surface area contributed by atoms with Crippen molar-refractivity contribution in [3.05, 3.63) is 30.3 Å². The van der Waals surface area contributed by atoms with E-state index in [0.29, 0.717) is 12.8 Å². The van der Waals surface area contributed by atoms with Gasteiger partial charge in [-0.15, -0.1) is 0 Å². The van der Waals surface area contributed by atoms with E-state index < -0.39 is 21.7 Å². The summed E-state index contributed by atoms with van der Waals surface area (Å²) in [4.78, 5) is 0.403. The Labute approximate surface area is 180 Å². The Kier molecular flexibility index (Phi) is 11.3. The highest BCUT2D eigenvalue weighted by atomic mass is 79.9. The minimum atomic E-state index is -3.70. The first kappa shape index (κ1) is 25.6.